The molecule has 1 aromatic heterocycles. The molecule has 0 fully saturated rings. The van der Waals surface area contributed by atoms with Crippen molar-refractivity contribution in [3.8, 4) is 0 Å². The van der Waals surface area contributed by atoms with E-state index in [1.165, 1.54) is 24.4 Å². The lowest BCUT2D eigenvalue weighted by atomic mass is 10.1. The van der Waals surface area contributed by atoms with Gasteiger partial charge in [-0.25, -0.2) is 9.78 Å². The van der Waals surface area contributed by atoms with Crippen LogP contribution < -0.4 is 5.32 Å². The molecule has 5 nitrogen and oxygen atoms in total. The van der Waals surface area contributed by atoms with E-state index in [1.54, 1.807) is 6.08 Å². The highest BCUT2D eigenvalue weighted by atomic mass is 16.4. The summed E-state index contributed by atoms with van der Waals surface area (Å²) < 4.78 is 0. The molecule has 0 atom stereocenters. The van der Waals surface area contributed by atoms with E-state index in [0.29, 0.717) is 0 Å². The summed E-state index contributed by atoms with van der Waals surface area (Å²) in [6, 6.07) is 10.6. The zero-order valence-electron chi connectivity index (χ0n) is 11.4. The van der Waals surface area contributed by atoms with Crippen LogP contribution in [0.5, 0.6) is 0 Å². The SMILES string of the molecule is Cc1cccc(C=CC(=O)Nc2ncccc2C(=O)O)c1. The summed E-state index contributed by atoms with van der Waals surface area (Å²) in [6.45, 7) is 1.96. The molecule has 0 saturated heterocycles. The maximum atomic E-state index is 11.8. The van der Waals surface area contributed by atoms with E-state index in [1.807, 2.05) is 31.2 Å². The summed E-state index contributed by atoms with van der Waals surface area (Å²) in [7, 11) is 0. The van der Waals surface area contributed by atoms with E-state index in [-0.39, 0.29) is 11.4 Å². The minimum absolute atomic E-state index is 0.0314. The van der Waals surface area contributed by atoms with Crippen molar-refractivity contribution in [2.75, 3.05) is 5.32 Å². The Kier molecular flexibility index (Phi) is 4.46. The van der Waals surface area contributed by atoms with Crippen LogP contribution in [0.3, 0.4) is 0 Å². The average molecular weight is 282 g/mol. The number of anilines is 1. The van der Waals surface area contributed by atoms with Gasteiger partial charge in [-0.05, 0) is 30.7 Å². The molecule has 106 valence electrons. The third-order valence-corrected chi connectivity index (χ3v) is 2.75. The van der Waals surface area contributed by atoms with Gasteiger partial charge in [-0.1, -0.05) is 29.8 Å². The zero-order valence-corrected chi connectivity index (χ0v) is 11.4. The Balaban J connectivity index is 2.10. The number of aromatic nitrogens is 1. The van der Waals surface area contributed by atoms with Gasteiger partial charge < -0.3 is 10.4 Å². The molecule has 0 aliphatic carbocycles. The Morgan fingerprint density at radius 1 is 1.24 bits per heavy atom. The van der Waals surface area contributed by atoms with E-state index in [9.17, 15) is 9.59 Å². The molecule has 0 saturated carbocycles. The number of carbonyl (C=O) groups is 2. The number of nitrogens with one attached hydrogen (secondary N) is 1. The Morgan fingerprint density at radius 3 is 2.76 bits per heavy atom. The second-order valence-corrected chi connectivity index (χ2v) is 4.44. The molecule has 2 aromatic rings. The number of carbonyl (C=O) groups excluding carboxylic acids is 1. The highest BCUT2D eigenvalue weighted by Gasteiger charge is 2.11. The number of aryl methyl sites for hydroxylation is 1. The van der Waals surface area contributed by atoms with Crippen LogP contribution in [-0.2, 0) is 4.79 Å². The maximum absolute atomic E-state index is 11.8. The Hall–Kier alpha value is -2.95. The average Bonchev–Trinajstić information content (AvgIpc) is 2.45. The van der Waals surface area contributed by atoms with E-state index in [2.05, 4.69) is 10.3 Å². The first-order valence-corrected chi connectivity index (χ1v) is 6.30. The van der Waals surface area contributed by atoms with E-state index in [0.717, 1.165) is 11.1 Å². The van der Waals surface area contributed by atoms with Crippen LogP contribution in [0.15, 0.2) is 48.7 Å². The number of amides is 1. The van der Waals surface area contributed by atoms with Gasteiger partial charge in [0.25, 0.3) is 0 Å². The van der Waals surface area contributed by atoms with Gasteiger partial charge in [0.2, 0.25) is 5.91 Å². The first-order valence-electron chi connectivity index (χ1n) is 6.30. The molecule has 5 heteroatoms. The Morgan fingerprint density at radius 2 is 2.05 bits per heavy atom. The summed E-state index contributed by atoms with van der Waals surface area (Å²) in [5, 5.41) is 11.5. The minimum Gasteiger partial charge on any atom is -0.478 e. The molecule has 2 rings (SSSR count). The molecule has 0 unspecified atom stereocenters. The highest BCUT2D eigenvalue weighted by Crippen LogP contribution is 2.11. The largest absolute Gasteiger partial charge is 0.478 e. The quantitative estimate of drug-likeness (QED) is 0.845. The zero-order chi connectivity index (χ0) is 15.2. The number of rotatable bonds is 4. The summed E-state index contributed by atoms with van der Waals surface area (Å²) in [4.78, 5) is 26.7. The fourth-order valence-electron chi connectivity index (χ4n) is 1.78. The van der Waals surface area contributed by atoms with Crippen LogP contribution in [0.1, 0.15) is 21.5 Å². The van der Waals surface area contributed by atoms with E-state index >= 15 is 0 Å². The van der Waals surface area contributed by atoms with Gasteiger partial charge in [-0.3, -0.25) is 4.79 Å². The number of hydrogen-bond acceptors (Lipinski definition) is 3. The number of hydrogen-bond donors (Lipinski definition) is 2. The van der Waals surface area contributed by atoms with Crippen molar-refractivity contribution in [1.82, 2.24) is 4.98 Å². The minimum atomic E-state index is -1.14. The summed E-state index contributed by atoms with van der Waals surface area (Å²) in [6.07, 6.45) is 4.42. The lowest BCUT2D eigenvalue weighted by Gasteiger charge is -2.04. The van der Waals surface area contributed by atoms with Gasteiger partial charge in [-0.2, -0.15) is 0 Å². The first kappa shape index (κ1) is 14.5. The summed E-state index contributed by atoms with van der Waals surface area (Å²) in [5.41, 5.74) is 1.94. The molecule has 1 heterocycles. The number of carboxylic acid groups (broad SMARTS) is 1. The van der Waals surface area contributed by atoms with Gasteiger partial charge in [0, 0.05) is 12.3 Å². The lowest BCUT2D eigenvalue weighted by Crippen LogP contribution is -2.13. The van der Waals surface area contributed by atoms with E-state index < -0.39 is 11.9 Å². The molecule has 21 heavy (non-hydrogen) atoms. The van der Waals surface area contributed by atoms with Gasteiger partial charge in [0.05, 0.1) is 0 Å². The van der Waals surface area contributed by atoms with Gasteiger partial charge in [-0.15, -0.1) is 0 Å². The normalized spacial score (nSPS) is 10.5. The molecule has 0 aliphatic heterocycles. The van der Waals surface area contributed by atoms with Gasteiger partial charge >= 0.3 is 5.97 Å². The van der Waals surface area contributed by atoms with Crippen LogP contribution in [0.4, 0.5) is 5.82 Å². The van der Waals surface area contributed by atoms with Crippen molar-refractivity contribution in [3.05, 3.63) is 65.4 Å². The molecule has 1 amide bonds. The highest BCUT2D eigenvalue weighted by molar-refractivity contribution is 6.05. The monoisotopic (exact) mass is 282 g/mol. The fraction of sp³-hybridized carbons (Fsp3) is 0.0625. The smallest absolute Gasteiger partial charge is 0.339 e. The third-order valence-electron chi connectivity index (χ3n) is 2.75. The number of pyridine rings is 1. The Labute approximate surface area is 122 Å². The standard InChI is InChI=1S/C16H14N2O3/c1-11-4-2-5-12(10-11)7-8-14(19)18-15-13(16(20)21)6-3-9-17-15/h2-10H,1H3,(H,20,21)(H,17,18,19). The van der Waals surface area contributed by atoms with Crippen LogP contribution >= 0.6 is 0 Å². The predicted octanol–water partition coefficient (Wildman–Crippen LogP) is 2.74. The second-order valence-electron chi connectivity index (χ2n) is 4.44. The number of carboxylic acids is 1. The van der Waals surface area contributed by atoms with Crippen molar-refractivity contribution in [1.29, 1.82) is 0 Å². The van der Waals surface area contributed by atoms with Crippen molar-refractivity contribution in [3.63, 3.8) is 0 Å². The van der Waals surface area contributed by atoms with Crippen LogP contribution in [-0.4, -0.2) is 22.0 Å². The third kappa shape index (κ3) is 4.01. The van der Waals surface area contributed by atoms with Gasteiger partial charge in [0.1, 0.15) is 11.4 Å². The first-order chi connectivity index (χ1) is 10.1. The maximum Gasteiger partial charge on any atom is 0.339 e. The van der Waals surface area contributed by atoms with Crippen LogP contribution in [0, 0.1) is 6.92 Å². The van der Waals surface area contributed by atoms with Gasteiger partial charge in [0.15, 0.2) is 0 Å². The Bertz CT molecular complexity index is 708. The van der Waals surface area contributed by atoms with Crippen molar-refractivity contribution in [2.45, 2.75) is 6.92 Å². The topological polar surface area (TPSA) is 79.3 Å². The summed E-state index contributed by atoms with van der Waals surface area (Å²) >= 11 is 0. The molecule has 1 aromatic carbocycles. The lowest BCUT2D eigenvalue weighted by molar-refractivity contribution is -0.111. The van der Waals surface area contributed by atoms with Crippen LogP contribution in [0.25, 0.3) is 6.08 Å². The fourth-order valence-corrected chi connectivity index (χ4v) is 1.78. The summed E-state index contributed by atoms with van der Waals surface area (Å²) in [5.74, 6) is -1.54. The van der Waals surface area contributed by atoms with E-state index in [4.69, 9.17) is 5.11 Å². The van der Waals surface area contributed by atoms with Crippen LogP contribution in [0.2, 0.25) is 0 Å². The van der Waals surface area contributed by atoms with Crippen molar-refractivity contribution < 1.29 is 14.7 Å². The molecule has 0 radical (unpaired) electrons. The molecule has 0 aliphatic rings. The molecule has 2 N–H and O–H groups in total. The predicted molar refractivity (Wildman–Crippen MR) is 80.0 cm³/mol. The molecule has 0 spiro atoms. The number of aromatic carboxylic acids is 1. The molecular weight excluding hydrogens is 268 g/mol. The van der Waals surface area contributed by atoms with Crippen molar-refractivity contribution in [2.24, 2.45) is 0 Å². The molecular formula is C16H14N2O3. The van der Waals surface area contributed by atoms with Crippen molar-refractivity contribution >= 4 is 23.8 Å². The second kappa shape index (κ2) is 6.47. The molecule has 0 bridgehead atoms. The number of nitrogens with zero attached hydrogens (tertiary/aromatic N) is 1. The number of benzene rings is 1.